The summed E-state index contributed by atoms with van der Waals surface area (Å²) in [5.41, 5.74) is 0. The molecule has 3 heteroatoms. The van der Waals surface area contributed by atoms with Crippen molar-refractivity contribution in [1.82, 2.24) is 0 Å². The molecule has 0 rings (SSSR count). The van der Waals surface area contributed by atoms with Gasteiger partial charge < -0.3 is 9.85 Å². The topological polar surface area (TPSA) is 46.5 Å². The second kappa shape index (κ2) is 5.09. The lowest BCUT2D eigenvalue weighted by molar-refractivity contribution is 0.0892. The van der Waals surface area contributed by atoms with Crippen LogP contribution in [0.2, 0.25) is 0 Å². The number of hydrogen-bond acceptors (Lipinski definition) is 3. The summed E-state index contributed by atoms with van der Waals surface area (Å²) in [7, 11) is 0. The highest BCUT2D eigenvalue weighted by Crippen LogP contribution is 2.02. The highest BCUT2D eigenvalue weighted by molar-refractivity contribution is 5.56. The highest BCUT2D eigenvalue weighted by atomic mass is 16.7. The van der Waals surface area contributed by atoms with E-state index in [4.69, 9.17) is 1.43 Å². The normalized spacial score (nSPS) is 10.9. The monoisotopic (exact) mass is 147 g/mol. The molecule has 0 radical (unpaired) electrons. The van der Waals surface area contributed by atoms with E-state index in [2.05, 4.69) is 23.7 Å². The second-order valence-electron chi connectivity index (χ2n) is 2.63. The van der Waals surface area contributed by atoms with Crippen LogP contribution in [0.15, 0.2) is 0 Å². The molecule has 0 unspecified atom stereocenters. The van der Waals surface area contributed by atoms with E-state index in [1.807, 2.05) is 0 Å². The van der Waals surface area contributed by atoms with Gasteiger partial charge in [0.2, 0.25) is 0 Å². The Morgan fingerprint density at radius 1 is 1.80 bits per heavy atom. The van der Waals surface area contributed by atoms with Gasteiger partial charge in [-0.25, -0.2) is 4.79 Å². The lowest BCUT2D eigenvalue weighted by Gasteiger charge is -2.02. The molecular formula is C7H14O3. The molecule has 1 N–H and O–H groups in total. The Balaban J connectivity index is 3.08. The van der Waals surface area contributed by atoms with Crippen LogP contribution in [-0.4, -0.2) is 17.9 Å². The predicted molar refractivity (Wildman–Crippen MR) is 38.0 cm³/mol. The fourth-order valence-electron chi connectivity index (χ4n) is 0.647. The van der Waals surface area contributed by atoms with Gasteiger partial charge >= 0.3 is 7.59 Å². The van der Waals surface area contributed by atoms with Crippen LogP contribution in [0, 0.1) is 5.92 Å². The summed E-state index contributed by atoms with van der Waals surface area (Å²) in [6, 6.07) is 0. The van der Waals surface area contributed by atoms with Gasteiger partial charge in [0, 0.05) is 0 Å². The van der Waals surface area contributed by atoms with E-state index in [9.17, 15) is 4.79 Å². The Kier molecular flexibility index (Phi) is 3.75. The van der Waals surface area contributed by atoms with Gasteiger partial charge in [-0.2, -0.15) is 0 Å². The van der Waals surface area contributed by atoms with Crippen molar-refractivity contribution in [2.75, 3.05) is 6.61 Å². The lowest BCUT2D eigenvalue weighted by atomic mass is 10.1. The summed E-state index contributed by atoms with van der Waals surface area (Å²) in [5.74, 6) is 0.616. The zero-order valence-corrected chi connectivity index (χ0v) is 6.42. The largest absolute Gasteiger partial charge is 0.505 e. The van der Waals surface area contributed by atoms with Gasteiger partial charge in [-0.3, -0.25) is 0 Å². The molecule has 0 spiro atoms. The number of carboxylic acid groups (broad SMARTS) is 1. The fourth-order valence-corrected chi connectivity index (χ4v) is 0.647. The molecule has 3 nitrogen and oxygen atoms in total. The molecule has 0 bridgehead atoms. The van der Waals surface area contributed by atoms with Crippen molar-refractivity contribution < 1.29 is 14.6 Å². The minimum absolute atomic E-state index is 0.343. The van der Waals surface area contributed by atoms with Crippen LogP contribution >= 0.6 is 0 Å². The predicted octanol–water partition coefficient (Wildman–Crippen LogP) is 2.12. The molecule has 0 aromatic carbocycles. The third kappa shape index (κ3) is 7.27. The summed E-state index contributed by atoms with van der Waals surface area (Å²) < 4.78 is 10.6. The quantitative estimate of drug-likeness (QED) is 0.489. The smallest absolute Gasteiger partial charge is 0.450 e. The van der Waals surface area contributed by atoms with Crippen LogP contribution in [0.4, 0.5) is 4.79 Å². The standard InChI is InChI=1S/C7H14O3/c1-6(2)4-3-5-10-7(8)9/h6H,3-5H2,1-2H3,(H,8,9)/i/hD. The van der Waals surface area contributed by atoms with Gasteiger partial charge in [-0.15, -0.1) is 0 Å². The number of hydrogen-bond donors (Lipinski definition) is 1. The summed E-state index contributed by atoms with van der Waals surface area (Å²) in [5, 5.41) is 3.55. The van der Waals surface area contributed by atoms with Gasteiger partial charge in [0.05, 0.1) is 6.61 Å². The van der Waals surface area contributed by atoms with Crippen molar-refractivity contribution in [1.29, 1.82) is 1.43 Å². The van der Waals surface area contributed by atoms with Crippen LogP contribution in [0.1, 0.15) is 26.7 Å². The molecule has 0 heterocycles. The maximum absolute atomic E-state index is 10.2. The van der Waals surface area contributed by atoms with E-state index >= 15 is 0 Å². The molecule has 0 saturated carbocycles. The van der Waals surface area contributed by atoms with Crippen molar-refractivity contribution in [3.63, 3.8) is 0 Å². The Morgan fingerprint density at radius 2 is 2.50 bits per heavy atom. The first-order chi connectivity index (χ1) is 5.16. The summed E-state index contributed by atoms with van der Waals surface area (Å²) >= 11 is 0. The first kappa shape index (κ1) is 7.38. The molecule has 10 heavy (non-hydrogen) atoms. The highest BCUT2D eigenvalue weighted by Gasteiger charge is 1.97. The average molecular weight is 147 g/mol. The molecule has 0 aliphatic rings. The Hall–Kier alpha value is -0.730. The molecule has 0 aliphatic heterocycles. The third-order valence-electron chi connectivity index (χ3n) is 1.15. The Morgan fingerprint density at radius 3 is 3.00 bits per heavy atom. The first-order valence-electron chi connectivity index (χ1n) is 3.87. The van der Waals surface area contributed by atoms with E-state index in [1.165, 1.54) is 0 Å². The van der Waals surface area contributed by atoms with Gasteiger partial charge in [0.1, 0.15) is 0 Å². The first-order valence-corrected chi connectivity index (χ1v) is 3.46. The maximum Gasteiger partial charge on any atom is 0.505 e. The summed E-state index contributed by atoms with van der Waals surface area (Å²) in [6.45, 7) is 4.54. The molecule has 0 aromatic rings. The molecule has 60 valence electrons. The van der Waals surface area contributed by atoms with Crippen LogP contribution in [0.5, 0.6) is 0 Å². The van der Waals surface area contributed by atoms with Gasteiger partial charge in [-0.05, 0) is 18.8 Å². The maximum atomic E-state index is 10.2. The van der Waals surface area contributed by atoms with Crippen LogP contribution in [0.25, 0.3) is 1.43 Å². The van der Waals surface area contributed by atoms with Gasteiger partial charge in [-0.1, -0.05) is 13.8 Å². The second-order valence-corrected chi connectivity index (χ2v) is 2.63. The molecule has 0 fully saturated rings. The van der Waals surface area contributed by atoms with Crippen molar-refractivity contribution in [3.05, 3.63) is 0 Å². The summed E-state index contributed by atoms with van der Waals surface area (Å²) in [6.07, 6.45) is 0.923. The number of ether oxygens (including phenoxy) is 1. The van der Waals surface area contributed by atoms with Crippen LogP contribution < -0.4 is 0 Å². The lowest BCUT2D eigenvalue weighted by Crippen LogP contribution is -2.02. The van der Waals surface area contributed by atoms with E-state index < -0.39 is 6.16 Å². The minimum Gasteiger partial charge on any atom is -0.450 e. The SMILES string of the molecule is [2H]OC(=O)OCCCC(C)C. The third-order valence-corrected chi connectivity index (χ3v) is 1.15. The van der Waals surface area contributed by atoms with Gasteiger partial charge in [0.15, 0.2) is 0 Å². The van der Waals surface area contributed by atoms with E-state index in [0.717, 1.165) is 12.8 Å². The molecule has 0 atom stereocenters. The average Bonchev–Trinajstić information content (AvgIpc) is 1.97. The van der Waals surface area contributed by atoms with E-state index in [0.29, 0.717) is 12.5 Å². The summed E-state index contributed by atoms with van der Waals surface area (Å²) in [4.78, 5) is 10.2. The van der Waals surface area contributed by atoms with Crippen molar-refractivity contribution in [3.8, 4) is 0 Å². The molecule has 0 aromatic heterocycles. The van der Waals surface area contributed by atoms with Crippen LogP contribution in [0.3, 0.4) is 0 Å². The zero-order chi connectivity index (χ0) is 8.69. The van der Waals surface area contributed by atoms with Crippen molar-refractivity contribution in [2.24, 2.45) is 5.92 Å². The van der Waals surface area contributed by atoms with E-state index in [-0.39, 0.29) is 0 Å². The van der Waals surface area contributed by atoms with Crippen LogP contribution in [-0.2, 0) is 4.74 Å². The molecule has 0 aliphatic carbocycles. The zero-order valence-electron chi connectivity index (χ0n) is 7.42. The minimum atomic E-state index is -0.922. The van der Waals surface area contributed by atoms with Crippen molar-refractivity contribution >= 4 is 6.16 Å². The van der Waals surface area contributed by atoms with Gasteiger partial charge in [0.25, 0.3) is 0 Å². The van der Waals surface area contributed by atoms with E-state index in [1.54, 1.807) is 0 Å². The fraction of sp³-hybridized carbons (Fsp3) is 0.857. The molecule has 0 amide bonds. The Bertz CT molecular complexity index is 114. The molecule has 0 saturated heterocycles. The van der Waals surface area contributed by atoms with Crippen molar-refractivity contribution in [2.45, 2.75) is 26.7 Å². The number of carbonyl (C=O) groups is 1. The number of rotatable bonds is 4. The Labute approximate surface area is 62.5 Å². The molecular weight excluding hydrogens is 132 g/mol.